The van der Waals surface area contributed by atoms with Crippen LogP contribution >= 0.6 is 23.2 Å². The Hall–Kier alpha value is -2.04. The van der Waals surface area contributed by atoms with Gasteiger partial charge in [0.1, 0.15) is 5.75 Å². The molecule has 162 valence electrons. The van der Waals surface area contributed by atoms with Crippen LogP contribution in [-0.4, -0.2) is 30.0 Å². The van der Waals surface area contributed by atoms with Crippen molar-refractivity contribution in [3.05, 3.63) is 99.5 Å². The van der Waals surface area contributed by atoms with Crippen LogP contribution < -0.4 is 4.74 Å². The highest BCUT2D eigenvalue weighted by atomic mass is 35.5. The van der Waals surface area contributed by atoms with Gasteiger partial charge in [0.2, 0.25) is 0 Å². The second-order valence-electron chi connectivity index (χ2n) is 8.00. The van der Waals surface area contributed by atoms with Gasteiger partial charge in [-0.3, -0.25) is 9.80 Å². The number of rotatable bonds is 6. The second kappa shape index (κ2) is 10.5. The summed E-state index contributed by atoms with van der Waals surface area (Å²) in [5.41, 5.74) is 3.61. The third kappa shape index (κ3) is 5.42. The molecule has 1 saturated heterocycles. The van der Waals surface area contributed by atoms with Crippen LogP contribution in [0.2, 0.25) is 10.0 Å². The van der Waals surface area contributed by atoms with Crippen molar-refractivity contribution in [1.29, 1.82) is 0 Å². The predicted molar refractivity (Wildman–Crippen MR) is 129 cm³/mol. The van der Waals surface area contributed by atoms with Crippen molar-refractivity contribution in [2.24, 2.45) is 0 Å². The van der Waals surface area contributed by atoms with Gasteiger partial charge in [0.15, 0.2) is 0 Å². The molecule has 4 rings (SSSR count). The predicted octanol–water partition coefficient (Wildman–Crippen LogP) is 6.80. The SMILES string of the molecule is COc1c(Cl)cc(Cl)cc1C1N(Cc2ccccc2)CCCCN1Cc1ccccc1. The molecule has 3 aromatic rings. The monoisotopic (exact) mass is 454 g/mol. The molecule has 0 bridgehead atoms. The molecule has 0 aromatic heterocycles. The van der Waals surface area contributed by atoms with Crippen LogP contribution in [0.1, 0.15) is 35.7 Å². The smallest absolute Gasteiger partial charge is 0.143 e. The van der Waals surface area contributed by atoms with Crippen molar-refractivity contribution in [3.8, 4) is 5.75 Å². The average Bonchev–Trinajstić information content (AvgIpc) is 2.96. The first-order chi connectivity index (χ1) is 15.2. The Bertz CT molecular complexity index is 930. The van der Waals surface area contributed by atoms with E-state index >= 15 is 0 Å². The molecule has 0 spiro atoms. The number of methoxy groups -OCH3 is 1. The van der Waals surface area contributed by atoms with Crippen LogP contribution in [0.3, 0.4) is 0 Å². The van der Waals surface area contributed by atoms with Crippen molar-refractivity contribution >= 4 is 23.2 Å². The van der Waals surface area contributed by atoms with E-state index in [1.807, 2.05) is 6.07 Å². The minimum Gasteiger partial charge on any atom is -0.495 e. The second-order valence-corrected chi connectivity index (χ2v) is 8.85. The largest absolute Gasteiger partial charge is 0.495 e. The van der Waals surface area contributed by atoms with E-state index in [-0.39, 0.29) is 6.17 Å². The van der Waals surface area contributed by atoms with Gasteiger partial charge < -0.3 is 4.74 Å². The third-order valence-electron chi connectivity index (χ3n) is 5.81. The lowest BCUT2D eigenvalue weighted by molar-refractivity contribution is 0.0450. The van der Waals surface area contributed by atoms with E-state index in [0.29, 0.717) is 15.8 Å². The molecule has 1 aliphatic rings. The molecule has 1 aliphatic heterocycles. The van der Waals surface area contributed by atoms with Gasteiger partial charge in [-0.1, -0.05) is 83.9 Å². The molecular weight excluding hydrogens is 427 g/mol. The van der Waals surface area contributed by atoms with Crippen molar-refractivity contribution in [3.63, 3.8) is 0 Å². The minimum atomic E-state index is 0.00839. The minimum absolute atomic E-state index is 0.00839. The number of hydrogen-bond donors (Lipinski definition) is 0. The Morgan fingerprint density at radius 2 is 1.32 bits per heavy atom. The summed E-state index contributed by atoms with van der Waals surface area (Å²) in [6, 6.07) is 25.0. The summed E-state index contributed by atoms with van der Waals surface area (Å²) in [7, 11) is 1.68. The van der Waals surface area contributed by atoms with Crippen LogP contribution in [0.25, 0.3) is 0 Å². The summed E-state index contributed by atoms with van der Waals surface area (Å²) < 4.78 is 5.78. The van der Waals surface area contributed by atoms with E-state index in [4.69, 9.17) is 27.9 Å². The normalized spacial score (nSPS) is 16.2. The molecule has 3 aromatic carbocycles. The van der Waals surface area contributed by atoms with Crippen molar-refractivity contribution in [2.45, 2.75) is 32.1 Å². The molecule has 0 amide bonds. The molecule has 0 radical (unpaired) electrons. The summed E-state index contributed by atoms with van der Waals surface area (Å²) in [5.74, 6) is 0.703. The first kappa shape index (κ1) is 22.2. The Labute approximate surface area is 195 Å². The van der Waals surface area contributed by atoms with E-state index in [2.05, 4.69) is 70.5 Å². The molecule has 3 nitrogen and oxygen atoms in total. The maximum atomic E-state index is 6.56. The number of nitrogens with zero attached hydrogens (tertiary/aromatic N) is 2. The quantitative estimate of drug-likeness (QED) is 0.407. The van der Waals surface area contributed by atoms with Crippen LogP contribution in [0.4, 0.5) is 0 Å². The fraction of sp³-hybridized carbons (Fsp3) is 0.308. The molecular formula is C26H28Cl2N2O. The zero-order valence-corrected chi connectivity index (χ0v) is 19.3. The molecule has 1 fully saturated rings. The van der Waals surface area contributed by atoms with Crippen LogP contribution in [0.5, 0.6) is 5.75 Å². The number of hydrogen-bond acceptors (Lipinski definition) is 3. The van der Waals surface area contributed by atoms with Crippen molar-refractivity contribution in [2.75, 3.05) is 20.2 Å². The Balaban J connectivity index is 1.78. The maximum Gasteiger partial charge on any atom is 0.143 e. The van der Waals surface area contributed by atoms with Gasteiger partial charge in [-0.25, -0.2) is 0 Å². The highest BCUT2D eigenvalue weighted by Gasteiger charge is 2.32. The molecule has 31 heavy (non-hydrogen) atoms. The maximum absolute atomic E-state index is 6.56. The van der Waals surface area contributed by atoms with Crippen LogP contribution in [0, 0.1) is 0 Å². The van der Waals surface area contributed by atoms with Gasteiger partial charge in [-0.15, -0.1) is 0 Å². The Morgan fingerprint density at radius 3 is 1.81 bits per heavy atom. The first-order valence-corrected chi connectivity index (χ1v) is 11.5. The fourth-order valence-electron chi connectivity index (χ4n) is 4.45. The van der Waals surface area contributed by atoms with Crippen molar-refractivity contribution < 1.29 is 4.74 Å². The zero-order valence-electron chi connectivity index (χ0n) is 17.8. The molecule has 5 heteroatoms. The Morgan fingerprint density at radius 1 is 0.806 bits per heavy atom. The number of halogens is 2. The molecule has 0 atom stereocenters. The molecule has 1 heterocycles. The standard InChI is InChI=1S/C26H28Cl2N2O/c1-31-25-23(16-22(27)17-24(25)28)26-29(18-20-10-4-2-5-11-20)14-8-9-15-30(26)19-21-12-6-3-7-13-21/h2-7,10-13,16-17,26H,8-9,14-15,18-19H2,1H3. The lowest BCUT2D eigenvalue weighted by Gasteiger charge is -2.39. The summed E-state index contributed by atoms with van der Waals surface area (Å²) in [6.45, 7) is 3.70. The van der Waals surface area contributed by atoms with Gasteiger partial charge in [0, 0.05) is 36.8 Å². The van der Waals surface area contributed by atoms with Gasteiger partial charge in [0.25, 0.3) is 0 Å². The highest BCUT2D eigenvalue weighted by molar-refractivity contribution is 6.35. The topological polar surface area (TPSA) is 15.7 Å². The van der Waals surface area contributed by atoms with Gasteiger partial charge in [0.05, 0.1) is 18.3 Å². The summed E-state index contributed by atoms with van der Waals surface area (Å²) in [4.78, 5) is 5.05. The zero-order chi connectivity index (χ0) is 21.6. The van der Waals surface area contributed by atoms with Gasteiger partial charge in [-0.2, -0.15) is 0 Å². The first-order valence-electron chi connectivity index (χ1n) is 10.7. The lowest BCUT2D eigenvalue weighted by Crippen LogP contribution is -2.40. The van der Waals surface area contributed by atoms with Gasteiger partial charge in [-0.05, 0) is 36.1 Å². The van der Waals surface area contributed by atoms with E-state index < -0.39 is 0 Å². The average molecular weight is 455 g/mol. The highest BCUT2D eigenvalue weighted by Crippen LogP contribution is 2.41. The molecule has 0 unspecified atom stereocenters. The van der Waals surface area contributed by atoms with E-state index in [0.717, 1.165) is 44.6 Å². The Kier molecular flexibility index (Phi) is 7.52. The van der Waals surface area contributed by atoms with Crippen LogP contribution in [0.15, 0.2) is 72.8 Å². The van der Waals surface area contributed by atoms with E-state index in [1.165, 1.54) is 11.1 Å². The number of ether oxygens (including phenoxy) is 1. The molecule has 0 aliphatic carbocycles. The lowest BCUT2D eigenvalue weighted by atomic mass is 10.1. The third-order valence-corrected chi connectivity index (χ3v) is 6.31. The fourth-order valence-corrected chi connectivity index (χ4v) is 5.04. The van der Waals surface area contributed by atoms with Crippen LogP contribution in [-0.2, 0) is 13.1 Å². The van der Waals surface area contributed by atoms with Crippen molar-refractivity contribution in [1.82, 2.24) is 9.80 Å². The molecule has 0 saturated carbocycles. The summed E-state index contributed by atoms with van der Waals surface area (Å²) >= 11 is 13.0. The summed E-state index contributed by atoms with van der Waals surface area (Å²) in [6.07, 6.45) is 2.30. The molecule has 0 N–H and O–H groups in total. The van der Waals surface area contributed by atoms with E-state index in [1.54, 1.807) is 13.2 Å². The number of benzene rings is 3. The van der Waals surface area contributed by atoms with E-state index in [9.17, 15) is 0 Å². The summed E-state index contributed by atoms with van der Waals surface area (Å²) in [5, 5.41) is 1.18. The van der Waals surface area contributed by atoms with Gasteiger partial charge >= 0.3 is 0 Å².